The summed E-state index contributed by atoms with van der Waals surface area (Å²) in [6, 6.07) is 13.3. The Kier molecular flexibility index (Phi) is 48.4. The number of hydrogen-bond donors (Lipinski definition) is 2. The van der Waals surface area contributed by atoms with Gasteiger partial charge in [0.15, 0.2) is 0 Å². The van der Waals surface area contributed by atoms with Crippen molar-refractivity contribution in [2.24, 2.45) is 0 Å². The van der Waals surface area contributed by atoms with E-state index in [1.165, 1.54) is 234 Å². The molecule has 12 nitrogen and oxygen atoms in total. The fourth-order valence-electron chi connectivity index (χ4n) is 8.37. The molecule has 4 aromatic heterocycles. The zero-order chi connectivity index (χ0) is 54.0. The Bertz CT molecular complexity index is 1930. The van der Waals surface area contributed by atoms with Crippen LogP contribution in [-0.2, 0) is 19.5 Å². The predicted octanol–water partition coefficient (Wildman–Crippen LogP) is 18.6. The van der Waals surface area contributed by atoms with Gasteiger partial charge in [-0.2, -0.15) is 5.16 Å². The number of nitrogens with zero attached hydrogens (tertiary/aromatic N) is 5. The first-order chi connectivity index (χ1) is 36.2. The third-order valence-corrected chi connectivity index (χ3v) is 12.5. The second-order valence-corrected chi connectivity index (χ2v) is 19.2. The van der Waals surface area contributed by atoms with E-state index < -0.39 is 11.9 Å². The molecule has 416 valence electrons. The SMILES string of the molecule is CCCCCCCCCCCCCCCCCCOc1ccnc(-c2cc(OCCCCCCCCCCCCCCCCCC)ccn2)c1.O=C(O)c1ccnc(-c2cc(C(=O)O)ccn2)c1.[N-]=C=S.[NH-]C=S.[Ru+2]. The Morgan fingerprint density at radius 1 is 0.480 bits per heavy atom. The predicted molar refractivity (Wildman–Crippen MR) is 313 cm³/mol. The smallest absolute Gasteiger partial charge is 0.753 e. The number of aromatic nitrogens is 4. The van der Waals surface area contributed by atoms with Crippen LogP contribution in [0.3, 0.4) is 0 Å². The van der Waals surface area contributed by atoms with E-state index in [0.717, 1.165) is 54.4 Å². The summed E-state index contributed by atoms with van der Waals surface area (Å²) in [5, 5.41) is 26.2. The van der Waals surface area contributed by atoms with Crippen molar-refractivity contribution in [3.05, 3.63) is 95.6 Å². The van der Waals surface area contributed by atoms with Gasteiger partial charge in [0.25, 0.3) is 0 Å². The Morgan fingerprint density at radius 3 is 0.933 bits per heavy atom. The molecule has 0 atom stereocenters. The van der Waals surface area contributed by atoms with E-state index in [4.69, 9.17) is 30.8 Å². The number of aromatic carboxylic acids is 2. The summed E-state index contributed by atoms with van der Waals surface area (Å²) in [7, 11) is 0. The van der Waals surface area contributed by atoms with Crippen molar-refractivity contribution in [1.82, 2.24) is 19.9 Å². The average molecular weight is 1160 g/mol. The van der Waals surface area contributed by atoms with Gasteiger partial charge in [0.1, 0.15) is 11.5 Å². The first-order valence-electron chi connectivity index (χ1n) is 27.9. The van der Waals surface area contributed by atoms with E-state index in [-0.39, 0.29) is 30.6 Å². The summed E-state index contributed by atoms with van der Waals surface area (Å²) in [5.41, 5.74) is 9.18. The zero-order valence-corrected chi connectivity index (χ0v) is 48.9. The molecule has 0 aromatic carbocycles. The van der Waals surface area contributed by atoms with Crippen molar-refractivity contribution in [3.63, 3.8) is 0 Å². The Balaban J connectivity index is 0.00000180. The summed E-state index contributed by atoms with van der Waals surface area (Å²) in [6.07, 6.45) is 50.6. The molecule has 0 fully saturated rings. The molecule has 0 unspecified atom stereocenters. The quantitative estimate of drug-likeness (QED) is 0.0186. The number of carboxylic acids is 2. The van der Waals surface area contributed by atoms with Gasteiger partial charge in [0.2, 0.25) is 0 Å². The molecule has 0 aliphatic carbocycles. The second-order valence-electron chi connectivity index (χ2n) is 18.7. The molecule has 0 aliphatic rings. The maximum atomic E-state index is 10.8. The summed E-state index contributed by atoms with van der Waals surface area (Å²) in [6.45, 7) is 6.11. The monoisotopic (exact) mass is 1160 g/mol. The molecule has 0 radical (unpaired) electrons. The minimum atomic E-state index is -1.08. The molecular formula is C60H90N6O6RuS2. The second kappa shape index (κ2) is 51.6. The van der Waals surface area contributed by atoms with Crippen molar-refractivity contribution in [1.29, 1.82) is 0 Å². The molecule has 15 heteroatoms. The van der Waals surface area contributed by atoms with E-state index in [9.17, 15) is 9.59 Å². The molecule has 0 bridgehead atoms. The molecule has 0 saturated heterocycles. The van der Waals surface area contributed by atoms with Gasteiger partial charge in [0, 0.05) is 36.9 Å². The summed E-state index contributed by atoms with van der Waals surface area (Å²) >= 11 is 7.63. The third kappa shape index (κ3) is 39.5. The van der Waals surface area contributed by atoms with Crippen molar-refractivity contribution in [3.8, 4) is 34.3 Å². The normalized spacial score (nSPS) is 10.2. The van der Waals surface area contributed by atoms with Crippen molar-refractivity contribution >= 4 is 47.0 Å². The fourth-order valence-corrected chi connectivity index (χ4v) is 8.37. The van der Waals surface area contributed by atoms with E-state index >= 15 is 0 Å². The average Bonchev–Trinajstić information content (AvgIpc) is 3.41. The van der Waals surface area contributed by atoms with Crippen LogP contribution < -0.4 is 9.47 Å². The summed E-state index contributed by atoms with van der Waals surface area (Å²) < 4.78 is 12.2. The Morgan fingerprint density at radius 2 is 0.693 bits per heavy atom. The van der Waals surface area contributed by atoms with E-state index in [1.54, 1.807) is 0 Å². The standard InChI is InChI=1S/C46H80N2O2.C12H8N2O4.CH3NS.CNS.Ru/c1-3-5-7-9-11-13-15-17-19-21-23-25-27-29-31-33-39-49-43-35-37-47-45(41-43)46-42-44(36-38-48-46)50-40-34-32-30-28-26-24-22-20-18-16-14-12-10-8-6-4-2;15-11(16)7-1-3-13-9(5-7)10-6-8(12(17)18)2-4-14-10;2*2-1-3;/h35-38,41-42H,3-34,39-40H2,1-2H3;1-6H,(H,15,16)(H,17,18);1H,(H2,2,3);;/q;;;-1;+2/p-1. The number of pyridine rings is 4. The van der Waals surface area contributed by atoms with Gasteiger partial charge in [-0.3, -0.25) is 19.9 Å². The van der Waals surface area contributed by atoms with Crippen LogP contribution in [0.5, 0.6) is 11.5 Å². The van der Waals surface area contributed by atoms with Crippen LogP contribution in [0.2, 0.25) is 0 Å². The number of carboxylic acid groups (broad SMARTS) is 2. The molecule has 3 N–H and O–H groups in total. The van der Waals surface area contributed by atoms with Crippen LogP contribution in [0.4, 0.5) is 0 Å². The summed E-state index contributed by atoms with van der Waals surface area (Å²) in [5.74, 6) is -0.407. The fraction of sp³-hybridized carbons (Fsp3) is 0.600. The number of nitrogens with one attached hydrogen (secondary N) is 1. The van der Waals surface area contributed by atoms with E-state index in [1.807, 2.05) is 36.7 Å². The molecule has 0 aliphatic heterocycles. The first-order valence-corrected chi connectivity index (χ1v) is 28.8. The zero-order valence-electron chi connectivity index (χ0n) is 45.5. The topological polar surface area (TPSA) is 191 Å². The van der Waals surface area contributed by atoms with Gasteiger partial charge in [-0.15, -0.1) is 17.7 Å². The van der Waals surface area contributed by atoms with Crippen LogP contribution in [0.25, 0.3) is 33.9 Å². The number of unbranched alkanes of at least 4 members (excludes halogenated alkanes) is 30. The van der Waals surface area contributed by atoms with Gasteiger partial charge in [-0.25, -0.2) is 9.59 Å². The van der Waals surface area contributed by atoms with Crippen molar-refractivity contribution in [2.45, 2.75) is 219 Å². The van der Waals surface area contributed by atoms with Gasteiger partial charge in [0.05, 0.1) is 47.1 Å². The maximum Gasteiger partial charge on any atom is 2.00 e. The minimum absolute atomic E-state index is 0. The Labute approximate surface area is 475 Å². The first kappa shape index (κ1) is 70.5. The summed E-state index contributed by atoms with van der Waals surface area (Å²) in [4.78, 5) is 38.7. The number of ether oxygens (including phenoxy) is 2. The third-order valence-electron chi connectivity index (χ3n) is 12.5. The van der Waals surface area contributed by atoms with E-state index in [2.05, 4.69) is 58.2 Å². The van der Waals surface area contributed by atoms with Crippen LogP contribution in [-0.4, -0.2) is 66.0 Å². The molecule has 4 aromatic rings. The van der Waals surface area contributed by atoms with Crippen LogP contribution >= 0.6 is 24.4 Å². The molecule has 0 saturated carbocycles. The molecule has 4 heterocycles. The van der Waals surface area contributed by atoms with Crippen LogP contribution in [0.1, 0.15) is 240 Å². The van der Waals surface area contributed by atoms with E-state index in [0.29, 0.717) is 11.4 Å². The minimum Gasteiger partial charge on any atom is -0.753 e. The Hall–Kier alpha value is -4.55. The van der Waals surface area contributed by atoms with Gasteiger partial charge in [-0.05, 0) is 49.2 Å². The number of rotatable bonds is 40. The largest absolute Gasteiger partial charge is 2.00 e. The number of hydrogen-bond acceptors (Lipinski definition) is 10. The number of thiocarbonyl (C=S) groups is 2. The van der Waals surface area contributed by atoms with Crippen molar-refractivity contribution < 1.29 is 48.8 Å². The molecule has 75 heavy (non-hydrogen) atoms. The van der Waals surface area contributed by atoms with Gasteiger partial charge < -0.3 is 30.8 Å². The molecular weight excluding hydrogens is 1070 g/mol. The number of carbonyl (C=O) groups is 2. The van der Waals surface area contributed by atoms with Gasteiger partial charge in [-0.1, -0.05) is 219 Å². The van der Waals surface area contributed by atoms with Crippen molar-refractivity contribution in [2.75, 3.05) is 13.2 Å². The van der Waals surface area contributed by atoms with Gasteiger partial charge >= 0.3 is 31.4 Å². The molecule has 4 rings (SSSR count). The molecule has 0 amide bonds. The van der Waals surface area contributed by atoms with Crippen LogP contribution in [0.15, 0.2) is 73.3 Å². The number of isothiocyanates is 1. The van der Waals surface area contributed by atoms with Crippen LogP contribution in [0, 0.1) is 0 Å². The molecule has 0 spiro atoms. The maximum absolute atomic E-state index is 10.8.